The number of aryl methyl sites for hydroxylation is 1. The van der Waals surface area contributed by atoms with E-state index in [-0.39, 0.29) is 11.7 Å². The molecule has 0 saturated carbocycles. The monoisotopic (exact) mass is 379 g/mol. The highest BCUT2D eigenvalue weighted by Crippen LogP contribution is 2.30. The molecule has 1 aliphatic rings. The van der Waals surface area contributed by atoms with Gasteiger partial charge in [0.15, 0.2) is 5.65 Å². The predicted molar refractivity (Wildman–Crippen MR) is 103 cm³/mol. The van der Waals surface area contributed by atoms with Gasteiger partial charge < -0.3 is 4.74 Å². The largest absolute Gasteiger partial charge is 0.381 e. The lowest BCUT2D eigenvalue weighted by Gasteiger charge is -2.23. The van der Waals surface area contributed by atoms with Crippen LogP contribution in [0.1, 0.15) is 18.9 Å². The quantitative estimate of drug-likeness (QED) is 0.501. The van der Waals surface area contributed by atoms with Crippen LogP contribution in [-0.2, 0) is 11.8 Å². The van der Waals surface area contributed by atoms with Crippen LogP contribution in [0, 0.1) is 5.95 Å². The lowest BCUT2D eigenvalue weighted by Crippen LogP contribution is -2.29. The third-order valence-corrected chi connectivity index (χ3v) is 5.38. The zero-order chi connectivity index (χ0) is 19.3. The molecule has 142 valence electrons. The minimum Gasteiger partial charge on any atom is -0.381 e. The molecule has 8 heteroatoms. The molecule has 0 aliphatic carbocycles. The Balaban J connectivity index is 1.79. The van der Waals surface area contributed by atoms with Gasteiger partial charge in [-0.25, -0.2) is 9.78 Å². The first-order valence-electron chi connectivity index (χ1n) is 9.20. The lowest BCUT2D eigenvalue weighted by molar-refractivity contribution is 0.0697. The fraction of sp³-hybridized carbons (Fsp3) is 0.300. The minimum atomic E-state index is -0.519. The predicted octanol–water partition coefficient (Wildman–Crippen LogP) is 2.84. The second kappa shape index (κ2) is 6.49. The standard InChI is InChI=1S/C20H18FN5O2/c1-25-19-18(26(20(25)27)14-6-8-28-9-7-14)15-10-12(2-4-16(15)23-24-19)13-3-5-17(21)22-11-13/h2-5,10-11,14H,6-9H2,1H3. The smallest absolute Gasteiger partial charge is 0.330 e. The summed E-state index contributed by atoms with van der Waals surface area (Å²) in [6.45, 7) is 1.27. The van der Waals surface area contributed by atoms with E-state index >= 15 is 0 Å². The molecule has 1 aliphatic heterocycles. The molecular weight excluding hydrogens is 361 g/mol. The van der Waals surface area contributed by atoms with Gasteiger partial charge in [-0.05, 0) is 42.7 Å². The van der Waals surface area contributed by atoms with E-state index in [2.05, 4.69) is 15.2 Å². The summed E-state index contributed by atoms with van der Waals surface area (Å²) in [6.07, 6.45) is 3.06. The number of benzene rings is 1. The topological polar surface area (TPSA) is 74.8 Å². The number of fused-ring (bicyclic) bond motifs is 3. The summed E-state index contributed by atoms with van der Waals surface area (Å²) in [5.41, 5.74) is 3.61. The number of aromatic nitrogens is 5. The maximum Gasteiger partial charge on any atom is 0.330 e. The van der Waals surface area contributed by atoms with Gasteiger partial charge in [0.2, 0.25) is 5.95 Å². The minimum absolute atomic E-state index is 0.0634. The molecule has 4 aromatic rings. The first-order valence-corrected chi connectivity index (χ1v) is 9.20. The molecule has 5 rings (SSSR count). The second-order valence-corrected chi connectivity index (χ2v) is 7.03. The van der Waals surface area contributed by atoms with E-state index in [1.54, 1.807) is 17.7 Å². The maximum atomic E-state index is 13.2. The first-order chi connectivity index (χ1) is 13.6. The number of nitrogens with zero attached hydrogens (tertiary/aromatic N) is 5. The van der Waals surface area contributed by atoms with E-state index < -0.39 is 5.95 Å². The molecule has 0 atom stereocenters. The molecule has 3 aromatic heterocycles. The fourth-order valence-corrected chi connectivity index (χ4v) is 3.90. The summed E-state index contributed by atoms with van der Waals surface area (Å²) in [4.78, 5) is 16.7. The molecule has 0 bridgehead atoms. The molecule has 0 N–H and O–H groups in total. The molecule has 1 fully saturated rings. The molecule has 0 radical (unpaired) electrons. The molecule has 4 heterocycles. The van der Waals surface area contributed by atoms with Gasteiger partial charge >= 0.3 is 5.69 Å². The van der Waals surface area contributed by atoms with Crippen LogP contribution in [0.3, 0.4) is 0 Å². The summed E-state index contributed by atoms with van der Waals surface area (Å²) in [5.74, 6) is -0.519. The van der Waals surface area contributed by atoms with Crippen molar-refractivity contribution in [2.45, 2.75) is 18.9 Å². The molecular formula is C20H18FN5O2. The van der Waals surface area contributed by atoms with E-state index in [1.807, 2.05) is 22.8 Å². The molecule has 0 amide bonds. The maximum absolute atomic E-state index is 13.2. The van der Waals surface area contributed by atoms with Gasteiger partial charge in [-0.15, -0.1) is 10.2 Å². The third kappa shape index (κ3) is 2.60. The van der Waals surface area contributed by atoms with E-state index in [4.69, 9.17) is 4.74 Å². The third-order valence-electron chi connectivity index (χ3n) is 5.38. The number of imidazole rings is 1. The average molecular weight is 379 g/mol. The van der Waals surface area contributed by atoms with E-state index in [0.29, 0.717) is 24.4 Å². The van der Waals surface area contributed by atoms with Gasteiger partial charge in [0.25, 0.3) is 0 Å². The summed E-state index contributed by atoms with van der Waals surface area (Å²) >= 11 is 0. The summed E-state index contributed by atoms with van der Waals surface area (Å²) < 4.78 is 22.0. The summed E-state index contributed by atoms with van der Waals surface area (Å²) in [6, 6.07) is 8.82. The normalized spacial score (nSPS) is 15.5. The summed E-state index contributed by atoms with van der Waals surface area (Å²) in [5, 5.41) is 9.44. The lowest BCUT2D eigenvalue weighted by atomic mass is 10.0. The number of rotatable bonds is 2. The average Bonchev–Trinajstić information content (AvgIpc) is 3.00. The van der Waals surface area contributed by atoms with Gasteiger partial charge in [-0.3, -0.25) is 9.13 Å². The second-order valence-electron chi connectivity index (χ2n) is 7.03. The molecule has 1 saturated heterocycles. The Kier molecular flexibility index (Phi) is 3.94. The van der Waals surface area contributed by atoms with Crippen molar-refractivity contribution in [2.24, 2.45) is 7.05 Å². The number of hydrogen-bond donors (Lipinski definition) is 0. The zero-order valence-electron chi connectivity index (χ0n) is 15.3. The van der Waals surface area contributed by atoms with Crippen LogP contribution in [0.25, 0.3) is 33.2 Å². The van der Waals surface area contributed by atoms with E-state index in [9.17, 15) is 9.18 Å². The first kappa shape index (κ1) is 17.0. The highest BCUT2D eigenvalue weighted by atomic mass is 19.1. The van der Waals surface area contributed by atoms with Crippen molar-refractivity contribution >= 4 is 22.1 Å². The molecule has 0 spiro atoms. The molecule has 1 aromatic carbocycles. The number of halogens is 1. The van der Waals surface area contributed by atoms with Crippen molar-refractivity contribution in [2.75, 3.05) is 13.2 Å². The SMILES string of the molecule is Cn1c(=O)n(C2CCOCC2)c2c3cc(-c4ccc(F)nc4)ccc3nnc21. The van der Waals surface area contributed by atoms with Crippen molar-refractivity contribution in [3.8, 4) is 11.1 Å². The van der Waals surface area contributed by atoms with Gasteiger partial charge in [0, 0.05) is 43.4 Å². The van der Waals surface area contributed by atoms with Crippen LogP contribution in [0.2, 0.25) is 0 Å². The van der Waals surface area contributed by atoms with Gasteiger partial charge in [0.05, 0.1) is 5.52 Å². The van der Waals surface area contributed by atoms with E-state index in [1.165, 1.54) is 12.3 Å². The Morgan fingerprint density at radius 1 is 1.11 bits per heavy atom. The van der Waals surface area contributed by atoms with Gasteiger partial charge in [-0.1, -0.05) is 6.07 Å². The van der Waals surface area contributed by atoms with Crippen LogP contribution < -0.4 is 5.69 Å². The van der Waals surface area contributed by atoms with Crippen molar-refractivity contribution in [1.82, 2.24) is 24.3 Å². The fourth-order valence-electron chi connectivity index (χ4n) is 3.90. The van der Waals surface area contributed by atoms with Crippen LogP contribution in [0.4, 0.5) is 4.39 Å². The number of hydrogen-bond acceptors (Lipinski definition) is 5. The zero-order valence-corrected chi connectivity index (χ0v) is 15.3. The molecule has 0 unspecified atom stereocenters. The van der Waals surface area contributed by atoms with Crippen LogP contribution in [-0.4, -0.2) is 37.5 Å². The van der Waals surface area contributed by atoms with Gasteiger partial charge in [0.1, 0.15) is 5.52 Å². The Morgan fingerprint density at radius 2 is 1.89 bits per heavy atom. The highest BCUT2D eigenvalue weighted by Gasteiger charge is 2.24. The van der Waals surface area contributed by atoms with Crippen molar-refractivity contribution in [3.05, 3.63) is 53.0 Å². The molecule has 7 nitrogen and oxygen atoms in total. The molecule has 28 heavy (non-hydrogen) atoms. The van der Waals surface area contributed by atoms with Crippen LogP contribution in [0.5, 0.6) is 0 Å². The van der Waals surface area contributed by atoms with Crippen molar-refractivity contribution in [1.29, 1.82) is 0 Å². The Labute approximate surface area is 159 Å². The Morgan fingerprint density at radius 3 is 2.64 bits per heavy atom. The van der Waals surface area contributed by atoms with Gasteiger partial charge in [-0.2, -0.15) is 4.39 Å². The highest BCUT2D eigenvalue weighted by molar-refractivity contribution is 6.02. The number of pyridine rings is 1. The van der Waals surface area contributed by atoms with E-state index in [0.717, 1.165) is 34.9 Å². The van der Waals surface area contributed by atoms with Crippen LogP contribution >= 0.6 is 0 Å². The summed E-state index contributed by atoms with van der Waals surface area (Å²) in [7, 11) is 1.72. The van der Waals surface area contributed by atoms with Crippen LogP contribution in [0.15, 0.2) is 41.3 Å². The van der Waals surface area contributed by atoms with Crippen molar-refractivity contribution in [3.63, 3.8) is 0 Å². The number of ether oxygens (including phenoxy) is 1. The Hall–Kier alpha value is -3.13. The van der Waals surface area contributed by atoms with Crippen molar-refractivity contribution < 1.29 is 9.13 Å². The Bertz CT molecular complexity index is 1240.